The Morgan fingerprint density at radius 3 is 0.676 bits per heavy atom. The van der Waals surface area contributed by atoms with Gasteiger partial charge < -0.3 is 0 Å². The van der Waals surface area contributed by atoms with Crippen molar-refractivity contribution in [1.29, 1.82) is 0 Å². The summed E-state index contributed by atoms with van der Waals surface area (Å²) in [6, 6.07) is 0. The maximum atomic E-state index is 4.26. The molecular weight excluding hydrogens is 444 g/mol. The molecule has 0 heteroatoms. The lowest BCUT2D eigenvalue weighted by atomic mass is 9.92. The standard InChI is InChI=1S/C37H75/c1-4-7-9-11-13-15-17-19-20-21-22-24-26-28-30-32-34-36-37(6-3)35-33-31-29-27-25-23-18-16-14-12-10-8-5-2/h37H,3-36H2,1-2H3. The number of rotatable bonds is 33. The smallest absolute Gasteiger partial charge is 0.0414 e. The van der Waals surface area contributed by atoms with Gasteiger partial charge in [-0.3, -0.25) is 0 Å². The Kier molecular flexibility index (Phi) is 34.0. The van der Waals surface area contributed by atoms with Gasteiger partial charge in [0, 0.05) is 0 Å². The van der Waals surface area contributed by atoms with Gasteiger partial charge in [0.15, 0.2) is 0 Å². The quantitative estimate of drug-likeness (QED) is 0.0756. The lowest BCUT2D eigenvalue weighted by molar-refractivity contribution is 0.404. The van der Waals surface area contributed by atoms with Gasteiger partial charge in [0.05, 0.1) is 0 Å². The number of hydrogen-bond donors (Lipinski definition) is 0. The molecule has 0 heterocycles. The van der Waals surface area contributed by atoms with Crippen LogP contribution in [-0.4, -0.2) is 0 Å². The monoisotopic (exact) mass is 520 g/mol. The molecule has 0 N–H and O–H groups in total. The third-order valence-electron chi connectivity index (χ3n) is 8.84. The Balaban J connectivity index is 3.25. The summed E-state index contributed by atoms with van der Waals surface area (Å²) in [4.78, 5) is 0. The van der Waals surface area contributed by atoms with Crippen molar-refractivity contribution < 1.29 is 0 Å². The van der Waals surface area contributed by atoms with Gasteiger partial charge in [0.25, 0.3) is 0 Å². The van der Waals surface area contributed by atoms with Crippen molar-refractivity contribution in [1.82, 2.24) is 0 Å². The Morgan fingerprint density at radius 2 is 0.486 bits per heavy atom. The third-order valence-corrected chi connectivity index (χ3v) is 8.84. The van der Waals surface area contributed by atoms with Gasteiger partial charge >= 0.3 is 0 Å². The Hall–Kier alpha value is 0. The minimum atomic E-state index is 0.907. The molecule has 1 unspecified atom stereocenters. The average molecular weight is 520 g/mol. The van der Waals surface area contributed by atoms with E-state index in [1.165, 1.54) is 205 Å². The zero-order chi connectivity index (χ0) is 26.9. The number of unbranched alkanes of at least 4 members (excludes halogenated alkanes) is 28. The molecule has 0 aliphatic rings. The van der Waals surface area contributed by atoms with E-state index in [0.717, 1.165) is 12.3 Å². The van der Waals surface area contributed by atoms with Crippen LogP contribution in [0.1, 0.15) is 226 Å². The molecule has 0 nitrogen and oxygen atoms in total. The molecule has 0 amide bonds. The zero-order valence-corrected chi connectivity index (χ0v) is 26.6. The van der Waals surface area contributed by atoms with Crippen molar-refractivity contribution in [3.05, 3.63) is 6.92 Å². The first kappa shape index (κ1) is 37.0. The fraction of sp³-hybridized carbons (Fsp3) is 0.973. The van der Waals surface area contributed by atoms with Gasteiger partial charge in [-0.15, -0.1) is 0 Å². The fourth-order valence-corrected chi connectivity index (χ4v) is 6.04. The number of hydrogen-bond acceptors (Lipinski definition) is 0. The molecule has 0 bridgehead atoms. The highest BCUT2D eigenvalue weighted by Gasteiger charge is 2.06. The summed E-state index contributed by atoms with van der Waals surface area (Å²) in [6.07, 6.45) is 48.1. The summed E-state index contributed by atoms with van der Waals surface area (Å²) in [6.45, 7) is 8.88. The van der Waals surface area contributed by atoms with E-state index in [4.69, 9.17) is 0 Å². The van der Waals surface area contributed by atoms with E-state index in [9.17, 15) is 0 Å². The molecule has 0 aromatic carbocycles. The summed E-state index contributed by atoms with van der Waals surface area (Å²) in [5.41, 5.74) is 0. The lowest BCUT2D eigenvalue weighted by Gasteiger charge is -2.14. The summed E-state index contributed by atoms with van der Waals surface area (Å²) in [7, 11) is 0. The lowest BCUT2D eigenvalue weighted by Crippen LogP contribution is -1.99. The molecule has 0 fully saturated rings. The van der Waals surface area contributed by atoms with Crippen LogP contribution in [0.15, 0.2) is 0 Å². The SMILES string of the molecule is [CH2]CC(CCCCCCCCCCCCCCC)CCCCCCCCCCCCCCCCCCC. The third kappa shape index (κ3) is 32.1. The van der Waals surface area contributed by atoms with E-state index >= 15 is 0 Å². The molecule has 1 radical (unpaired) electrons. The van der Waals surface area contributed by atoms with E-state index in [0.29, 0.717) is 0 Å². The second-order valence-electron chi connectivity index (χ2n) is 12.6. The highest BCUT2D eigenvalue weighted by Crippen LogP contribution is 2.22. The van der Waals surface area contributed by atoms with Crippen LogP contribution >= 0.6 is 0 Å². The summed E-state index contributed by atoms with van der Waals surface area (Å²) >= 11 is 0. The molecule has 0 aliphatic heterocycles. The van der Waals surface area contributed by atoms with Crippen molar-refractivity contribution in [3.8, 4) is 0 Å². The molecule has 0 aromatic heterocycles. The first-order chi connectivity index (χ1) is 18.3. The summed E-state index contributed by atoms with van der Waals surface area (Å²) in [5.74, 6) is 0.907. The minimum Gasteiger partial charge on any atom is -0.0654 e. The molecule has 0 saturated heterocycles. The maximum absolute atomic E-state index is 4.26. The molecular formula is C37H75. The van der Waals surface area contributed by atoms with Crippen molar-refractivity contribution in [3.63, 3.8) is 0 Å². The fourth-order valence-electron chi connectivity index (χ4n) is 6.04. The average Bonchev–Trinajstić information content (AvgIpc) is 2.91. The van der Waals surface area contributed by atoms with E-state index in [1.54, 1.807) is 0 Å². The topological polar surface area (TPSA) is 0 Å². The second-order valence-corrected chi connectivity index (χ2v) is 12.6. The summed E-state index contributed by atoms with van der Waals surface area (Å²) in [5, 5.41) is 0. The highest BCUT2D eigenvalue weighted by molar-refractivity contribution is 4.62. The van der Waals surface area contributed by atoms with Crippen LogP contribution in [0.4, 0.5) is 0 Å². The Bertz CT molecular complexity index is 372. The predicted octanol–water partition coefficient (Wildman–Crippen LogP) is 14.3. The molecule has 0 aromatic rings. The van der Waals surface area contributed by atoms with Crippen molar-refractivity contribution >= 4 is 0 Å². The van der Waals surface area contributed by atoms with Crippen molar-refractivity contribution in [2.45, 2.75) is 226 Å². The van der Waals surface area contributed by atoms with Gasteiger partial charge in [0.2, 0.25) is 0 Å². The Labute approximate surface area is 238 Å². The van der Waals surface area contributed by atoms with Gasteiger partial charge in [-0.1, -0.05) is 233 Å². The largest absolute Gasteiger partial charge is 0.0654 e. The van der Waals surface area contributed by atoms with Gasteiger partial charge in [-0.25, -0.2) is 0 Å². The zero-order valence-electron chi connectivity index (χ0n) is 26.6. The van der Waals surface area contributed by atoms with Crippen LogP contribution in [-0.2, 0) is 0 Å². The first-order valence-electron chi connectivity index (χ1n) is 18.1. The molecule has 0 rings (SSSR count). The van der Waals surface area contributed by atoms with Crippen molar-refractivity contribution in [2.24, 2.45) is 5.92 Å². The molecule has 0 saturated carbocycles. The maximum Gasteiger partial charge on any atom is -0.0414 e. The molecule has 0 aliphatic carbocycles. The van der Waals surface area contributed by atoms with Gasteiger partial charge in [-0.05, 0) is 5.92 Å². The first-order valence-corrected chi connectivity index (χ1v) is 18.1. The van der Waals surface area contributed by atoms with Crippen LogP contribution in [0.2, 0.25) is 0 Å². The molecule has 37 heavy (non-hydrogen) atoms. The van der Waals surface area contributed by atoms with E-state index in [2.05, 4.69) is 20.8 Å². The van der Waals surface area contributed by atoms with E-state index < -0.39 is 0 Å². The predicted molar refractivity (Wildman–Crippen MR) is 173 cm³/mol. The normalized spacial score (nSPS) is 12.4. The van der Waals surface area contributed by atoms with E-state index in [1.807, 2.05) is 0 Å². The van der Waals surface area contributed by atoms with Crippen LogP contribution in [0.5, 0.6) is 0 Å². The van der Waals surface area contributed by atoms with Crippen molar-refractivity contribution in [2.75, 3.05) is 0 Å². The van der Waals surface area contributed by atoms with E-state index in [-0.39, 0.29) is 0 Å². The highest BCUT2D eigenvalue weighted by atomic mass is 14.1. The van der Waals surface area contributed by atoms with Crippen LogP contribution in [0, 0.1) is 12.8 Å². The van der Waals surface area contributed by atoms with Gasteiger partial charge in [-0.2, -0.15) is 0 Å². The Morgan fingerprint density at radius 1 is 0.297 bits per heavy atom. The summed E-state index contributed by atoms with van der Waals surface area (Å²) < 4.78 is 0. The molecule has 223 valence electrons. The minimum absolute atomic E-state index is 0.907. The van der Waals surface area contributed by atoms with Gasteiger partial charge in [0.1, 0.15) is 0 Å². The van der Waals surface area contributed by atoms with Crippen LogP contribution in [0.25, 0.3) is 0 Å². The molecule has 1 atom stereocenters. The van der Waals surface area contributed by atoms with Crippen LogP contribution in [0.3, 0.4) is 0 Å². The molecule has 0 spiro atoms. The second kappa shape index (κ2) is 34.0. The van der Waals surface area contributed by atoms with Crippen LogP contribution < -0.4 is 0 Å².